The number of nitrogens with zero attached hydrogens (tertiary/aromatic N) is 2. The average molecular weight is 346 g/mol. The Morgan fingerprint density at radius 2 is 0.808 bits per heavy atom. The first-order chi connectivity index (χ1) is 11.8. The van der Waals surface area contributed by atoms with Crippen LogP contribution >= 0.6 is 0 Å². The molecular weight excluding hydrogens is 328 g/mol. The van der Waals surface area contributed by atoms with Crippen LogP contribution in [0.1, 0.15) is 22.8 Å². The lowest BCUT2D eigenvalue weighted by atomic mass is 10.3. The smallest absolute Gasteiger partial charge is 0.0659 e. The maximum Gasteiger partial charge on any atom is 0.0659 e. The predicted molar refractivity (Wildman–Crippen MR) is 106 cm³/mol. The number of nitrogens with one attached hydrogen (secondary N) is 2. The molecular formula is C20H18N4O2. The summed E-state index contributed by atoms with van der Waals surface area (Å²) in [6.07, 6.45) is 8.05. The van der Waals surface area contributed by atoms with Gasteiger partial charge >= 0.3 is 0 Å². The number of hydrogen-bond acceptors (Lipinski definition) is 2. The zero-order chi connectivity index (χ0) is 15.9. The molecule has 2 aliphatic rings. The summed E-state index contributed by atoms with van der Waals surface area (Å²) < 4.78 is 0. The Hall–Kier alpha value is -3.48. The lowest BCUT2D eigenvalue weighted by molar-refractivity contribution is 0.823. The van der Waals surface area contributed by atoms with E-state index in [2.05, 4.69) is 50.3 Å². The number of H-pyrrole nitrogens is 2. The molecule has 0 saturated carbocycles. The van der Waals surface area contributed by atoms with Crippen molar-refractivity contribution in [2.45, 2.75) is 0 Å². The molecule has 6 heteroatoms. The van der Waals surface area contributed by atoms with Gasteiger partial charge in [-0.3, -0.25) is 0 Å². The van der Waals surface area contributed by atoms with Crippen LogP contribution in [0, 0.1) is 0 Å². The number of rotatable bonds is 0. The average Bonchev–Trinajstić information content (AvgIpc) is 3.32. The molecule has 0 aliphatic carbocycles. The Kier molecular flexibility index (Phi) is 4.53. The molecule has 0 saturated heterocycles. The van der Waals surface area contributed by atoms with Gasteiger partial charge in [-0.05, 0) is 72.8 Å². The van der Waals surface area contributed by atoms with Gasteiger partial charge in [0.25, 0.3) is 0 Å². The maximum atomic E-state index is 4.62. The molecule has 6 N–H and O–H groups in total. The Bertz CT molecular complexity index is 1080. The molecule has 0 unspecified atom stereocenters. The lowest BCUT2D eigenvalue weighted by Gasteiger charge is -1.86. The van der Waals surface area contributed by atoms with Crippen LogP contribution in [-0.2, 0) is 0 Å². The van der Waals surface area contributed by atoms with Crippen molar-refractivity contribution in [3.63, 3.8) is 0 Å². The van der Waals surface area contributed by atoms with Crippen LogP contribution < -0.4 is 0 Å². The summed E-state index contributed by atoms with van der Waals surface area (Å²) in [5.41, 5.74) is 7.86. The van der Waals surface area contributed by atoms with Gasteiger partial charge in [-0.1, -0.05) is 0 Å². The number of fused-ring (bicyclic) bond motifs is 8. The van der Waals surface area contributed by atoms with Gasteiger partial charge in [0, 0.05) is 22.1 Å². The van der Waals surface area contributed by atoms with Gasteiger partial charge in [-0.15, -0.1) is 0 Å². The lowest BCUT2D eigenvalue weighted by Crippen LogP contribution is -1.77. The monoisotopic (exact) mass is 346 g/mol. The Labute approximate surface area is 149 Å². The van der Waals surface area contributed by atoms with E-state index < -0.39 is 0 Å². The minimum Gasteiger partial charge on any atom is -0.412 e. The van der Waals surface area contributed by atoms with Crippen molar-refractivity contribution in [3.8, 4) is 0 Å². The fourth-order valence-electron chi connectivity index (χ4n) is 2.94. The van der Waals surface area contributed by atoms with Crippen molar-refractivity contribution in [1.29, 1.82) is 0 Å². The summed E-state index contributed by atoms with van der Waals surface area (Å²) in [5.74, 6) is 0. The van der Waals surface area contributed by atoms with Crippen molar-refractivity contribution in [1.82, 2.24) is 19.9 Å². The third kappa shape index (κ3) is 3.32. The van der Waals surface area contributed by atoms with E-state index in [0.717, 1.165) is 44.8 Å². The number of aromatic nitrogens is 4. The van der Waals surface area contributed by atoms with E-state index in [0.29, 0.717) is 0 Å². The first-order valence-corrected chi connectivity index (χ1v) is 7.85. The fourth-order valence-corrected chi connectivity index (χ4v) is 2.94. The highest BCUT2D eigenvalue weighted by Crippen LogP contribution is 2.17. The molecule has 0 spiro atoms. The normalized spacial score (nSPS) is 11.7. The standard InChI is InChI=1S/C20H14N4.2H2O/c1-2-14-10-16-5-6-18(23-16)12-20-8-7-19(24-20)11-17-4-3-15(22-17)9-13(1)21-14;;/h1-12,21-22H;2*1H2. The maximum absolute atomic E-state index is 4.62. The fraction of sp³-hybridized carbons (Fsp3) is 0. The molecule has 3 aromatic rings. The van der Waals surface area contributed by atoms with Crippen molar-refractivity contribution in [3.05, 3.63) is 71.3 Å². The Morgan fingerprint density at radius 1 is 0.462 bits per heavy atom. The molecule has 0 atom stereocenters. The molecule has 0 radical (unpaired) electrons. The summed E-state index contributed by atoms with van der Waals surface area (Å²) in [5, 5.41) is 0. The van der Waals surface area contributed by atoms with E-state index in [9.17, 15) is 0 Å². The summed E-state index contributed by atoms with van der Waals surface area (Å²) in [4.78, 5) is 16.0. The van der Waals surface area contributed by atoms with Crippen LogP contribution in [0.5, 0.6) is 0 Å². The van der Waals surface area contributed by atoms with Gasteiger partial charge in [0.05, 0.1) is 22.8 Å². The van der Waals surface area contributed by atoms with E-state index in [-0.39, 0.29) is 11.0 Å². The molecule has 3 aromatic heterocycles. The molecule has 5 heterocycles. The van der Waals surface area contributed by atoms with Crippen LogP contribution in [0.3, 0.4) is 0 Å². The van der Waals surface area contributed by atoms with Gasteiger partial charge in [0.1, 0.15) is 0 Å². The minimum atomic E-state index is 0. The third-order valence-corrected chi connectivity index (χ3v) is 4.04. The second kappa shape index (κ2) is 6.79. The Balaban J connectivity index is 0.000000980. The van der Waals surface area contributed by atoms with E-state index in [1.54, 1.807) is 0 Å². The number of hydrogen-bond donors (Lipinski definition) is 2. The quantitative estimate of drug-likeness (QED) is 0.448. The predicted octanol–water partition coefficient (Wildman–Crippen LogP) is 3.01. The van der Waals surface area contributed by atoms with Gasteiger partial charge in [-0.25, -0.2) is 9.97 Å². The summed E-state index contributed by atoms with van der Waals surface area (Å²) >= 11 is 0. The van der Waals surface area contributed by atoms with Gasteiger partial charge < -0.3 is 20.9 Å². The third-order valence-electron chi connectivity index (χ3n) is 4.04. The molecule has 26 heavy (non-hydrogen) atoms. The highest BCUT2D eigenvalue weighted by molar-refractivity contribution is 5.77. The first kappa shape index (κ1) is 17.3. The molecule has 6 nitrogen and oxygen atoms in total. The summed E-state index contributed by atoms with van der Waals surface area (Å²) in [6.45, 7) is 0. The van der Waals surface area contributed by atoms with E-state index in [1.165, 1.54) is 0 Å². The van der Waals surface area contributed by atoms with E-state index >= 15 is 0 Å². The highest BCUT2D eigenvalue weighted by atomic mass is 16.0. The summed E-state index contributed by atoms with van der Waals surface area (Å²) in [7, 11) is 0. The molecule has 8 bridgehead atoms. The topological polar surface area (TPSA) is 120 Å². The molecule has 5 rings (SSSR count). The van der Waals surface area contributed by atoms with Crippen molar-refractivity contribution < 1.29 is 11.0 Å². The van der Waals surface area contributed by atoms with Gasteiger partial charge in [0.15, 0.2) is 0 Å². The zero-order valence-corrected chi connectivity index (χ0v) is 13.8. The van der Waals surface area contributed by atoms with Crippen LogP contribution in [0.25, 0.3) is 46.4 Å². The van der Waals surface area contributed by atoms with Crippen molar-refractivity contribution >= 4 is 46.4 Å². The second-order valence-corrected chi connectivity index (χ2v) is 5.91. The van der Waals surface area contributed by atoms with Gasteiger partial charge in [0.2, 0.25) is 0 Å². The molecule has 130 valence electrons. The molecule has 0 amide bonds. The van der Waals surface area contributed by atoms with Crippen LogP contribution in [0.15, 0.2) is 48.5 Å². The largest absolute Gasteiger partial charge is 0.412 e. The minimum absolute atomic E-state index is 0. The van der Waals surface area contributed by atoms with Crippen LogP contribution in [0.2, 0.25) is 0 Å². The first-order valence-electron chi connectivity index (χ1n) is 7.85. The van der Waals surface area contributed by atoms with Gasteiger partial charge in [-0.2, -0.15) is 0 Å². The van der Waals surface area contributed by atoms with E-state index in [4.69, 9.17) is 0 Å². The zero-order valence-electron chi connectivity index (χ0n) is 13.8. The van der Waals surface area contributed by atoms with Crippen LogP contribution in [0.4, 0.5) is 0 Å². The summed E-state index contributed by atoms with van der Waals surface area (Å²) in [6, 6.07) is 16.4. The highest BCUT2D eigenvalue weighted by Gasteiger charge is 2.02. The van der Waals surface area contributed by atoms with E-state index in [1.807, 2.05) is 42.5 Å². The molecule has 0 fully saturated rings. The van der Waals surface area contributed by atoms with Crippen molar-refractivity contribution in [2.24, 2.45) is 0 Å². The number of aromatic amines is 2. The molecule has 0 aromatic carbocycles. The van der Waals surface area contributed by atoms with Crippen molar-refractivity contribution in [2.75, 3.05) is 0 Å². The Morgan fingerprint density at radius 3 is 1.23 bits per heavy atom. The second-order valence-electron chi connectivity index (χ2n) is 5.91. The van der Waals surface area contributed by atoms with Crippen LogP contribution in [-0.4, -0.2) is 30.9 Å². The molecule has 2 aliphatic heterocycles. The SMILES string of the molecule is C1=Cc2cc3ccc(cc4ccc(cc5nc(cc1n2)C=C5)[nH]4)[nH]3.O.O.